The summed E-state index contributed by atoms with van der Waals surface area (Å²) in [7, 11) is 1.34. The number of nitro benzene ring substituents is 1. The standard InChI is InChI=1S/C14H14N6O5S/c1-6(2)25-11-9-8(5-4-7(24-3)10(9)20(22)23)26-12(11)13(21)15-14-16-18-19-17-14/h4-6H,1-3H3,(H2,15,16,17,18,19,21). The van der Waals surface area contributed by atoms with Gasteiger partial charge in [-0.05, 0) is 31.2 Å². The summed E-state index contributed by atoms with van der Waals surface area (Å²) >= 11 is 1.06. The van der Waals surface area contributed by atoms with Gasteiger partial charge >= 0.3 is 5.69 Å². The molecule has 1 amide bonds. The van der Waals surface area contributed by atoms with Crippen LogP contribution in [0.2, 0.25) is 0 Å². The van der Waals surface area contributed by atoms with Gasteiger partial charge in [-0.15, -0.1) is 16.4 Å². The van der Waals surface area contributed by atoms with Gasteiger partial charge in [0.2, 0.25) is 0 Å². The zero-order valence-electron chi connectivity index (χ0n) is 14.0. The number of hydrogen-bond donors (Lipinski definition) is 2. The first-order chi connectivity index (χ1) is 12.4. The van der Waals surface area contributed by atoms with Crippen LogP contribution in [0, 0.1) is 10.1 Å². The Hall–Kier alpha value is -3.28. The quantitative estimate of drug-likeness (QED) is 0.491. The summed E-state index contributed by atoms with van der Waals surface area (Å²) in [6.07, 6.45) is -0.310. The number of carbonyl (C=O) groups is 1. The molecule has 0 spiro atoms. The minimum atomic E-state index is -0.559. The molecule has 0 aliphatic rings. The van der Waals surface area contributed by atoms with Crippen molar-refractivity contribution in [2.45, 2.75) is 20.0 Å². The normalized spacial score (nSPS) is 10.9. The summed E-state index contributed by atoms with van der Waals surface area (Å²) in [6, 6.07) is 3.13. The number of methoxy groups -OCH3 is 1. The van der Waals surface area contributed by atoms with Crippen LogP contribution in [0.5, 0.6) is 11.5 Å². The van der Waals surface area contributed by atoms with Crippen molar-refractivity contribution in [2.75, 3.05) is 12.4 Å². The van der Waals surface area contributed by atoms with Crippen molar-refractivity contribution in [2.24, 2.45) is 0 Å². The molecule has 0 aliphatic heterocycles. The fraction of sp³-hybridized carbons (Fsp3) is 0.286. The molecule has 0 fully saturated rings. The number of nitro groups is 1. The Labute approximate surface area is 150 Å². The molecule has 0 unspecified atom stereocenters. The molecule has 3 rings (SSSR count). The van der Waals surface area contributed by atoms with Gasteiger partial charge in [-0.25, -0.2) is 0 Å². The summed E-state index contributed by atoms with van der Waals surface area (Å²) in [5.41, 5.74) is -0.254. The predicted molar refractivity (Wildman–Crippen MR) is 92.9 cm³/mol. The Morgan fingerprint density at radius 1 is 1.42 bits per heavy atom. The van der Waals surface area contributed by atoms with Crippen LogP contribution in [-0.2, 0) is 0 Å². The lowest BCUT2D eigenvalue weighted by Gasteiger charge is -2.11. The second kappa shape index (κ2) is 6.92. The Morgan fingerprint density at radius 2 is 2.19 bits per heavy atom. The first-order valence-corrected chi connectivity index (χ1v) is 8.23. The lowest BCUT2D eigenvalue weighted by Crippen LogP contribution is -2.15. The van der Waals surface area contributed by atoms with Crippen molar-refractivity contribution in [3.8, 4) is 11.5 Å². The number of rotatable bonds is 6. The lowest BCUT2D eigenvalue weighted by atomic mass is 10.1. The Bertz CT molecular complexity index is 968. The third kappa shape index (κ3) is 3.13. The van der Waals surface area contributed by atoms with Crippen LogP contribution in [0.3, 0.4) is 0 Å². The molecular formula is C14H14N6O5S. The van der Waals surface area contributed by atoms with Gasteiger partial charge in [0.1, 0.15) is 10.3 Å². The second-order valence-corrected chi connectivity index (χ2v) is 6.42. The van der Waals surface area contributed by atoms with E-state index in [1.165, 1.54) is 13.2 Å². The Kier molecular flexibility index (Phi) is 4.67. The molecule has 0 atom stereocenters. The van der Waals surface area contributed by atoms with E-state index in [0.29, 0.717) is 4.70 Å². The number of fused-ring (bicyclic) bond motifs is 1. The van der Waals surface area contributed by atoms with E-state index in [1.54, 1.807) is 19.9 Å². The molecule has 2 heterocycles. The minimum absolute atomic E-state index is 0.0185. The average Bonchev–Trinajstić information content (AvgIpc) is 3.21. The Balaban J connectivity index is 2.21. The van der Waals surface area contributed by atoms with Crippen molar-refractivity contribution in [3.63, 3.8) is 0 Å². The van der Waals surface area contributed by atoms with Gasteiger partial charge in [-0.2, -0.15) is 5.21 Å². The molecule has 0 radical (unpaired) electrons. The smallest absolute Gasteiger partial charge is 0.323 e. The van der Waals surface area contributed by atoms with Gasteiger partial charge in [0.15, 0.2) is 11.5 Å². The molecule has 0 saturated carbocycles. The third-order valence-corrected chi connectivity index (χ3v) is 4.42. The SMILES string of the molecule is COc1ccc2sc(C(=O)Nc3nn[nH]n3)c(OC(C)C)c2c1[N+](=O)[O-]. The van der Waals surface area contributed by atoms with Gasteiger partial charge in [0.25, 0.3) is 11.9 Å². The number of nitrogens with zero attached hydrogens (tertiary/aromatic N) is 4. The number of aromatic amines is 1. The lowest BCUT2D eigenvalue weighted by molar-refractivity contribution is -0.384. The number of aromatic nitrogens is 4. The van der Waals surface area contributed by atoms with Crippen molar-refractivity contribution in [1.29, 1.82) is 0 Å². The van der Waals surface area contributed by atoms with E-state index in [4.69, 9.17) is 9.47 Å². The summed E-state index contributed by atoms with van der Waals surface area (Å²) in [6.45, 7) is 3.52. The molecule has 26 heavy (non-hydrogen) atoms. The fourth-order valence-corrected chi connectivity index (χ4v) is 3.38. The first-order valence-electron chi connectivity index (χ1n) is 7.41. The van der Waals surface area contributed by atoms with Crippen LogP contribution in [0.25, 0.3) is 10.1 Å². The number of tetrazole rings is 1. The summed E-state index contributed by atoms with van der Waals surface area (Å²) in [5.74, 6) is -0.378. The molecule has 3 aromatic rings. The topological polar surface area (TPSA) is 145 Å². The summed E-state index contributed by atoms with van der Waals surface area (Å²) < 4.78 is 11.4. The highest BCUT2D eigenvalue weighted by molar-refractivity contribution is 7.21. The van der Waals surface area contributed by atoms with E-state index in [0.717, 1.165) is 11.3 Å². The maximum Gasteiger partial charge on any atom is 0.323 e. The van der Waals surface area contributed by atoms with Crippen LogP contribution < -0.4 is 14.8 Å². The zero-order chi connectivity index (χ0) is 18.8. The molecule has 1 aromatic carbocycles. The summed E-state index contributed by atoms with van der Waals surface area (Å²) in [4.78, 5) is 23.8. The minimum Gasteiger partial charge on any atom is -0.490 e. The van der Waals surface area contributed by atoms with E-state index in [2.05, 4.69) is 25.9 Å². The molecule has 2 N–H and O–H groups in total. The predicted octanol–water partition coefficient (Wildman–Crippen LogP) is 2.37. The number of hydrogen-bond acceptors (Lipinski definition) is 9. The molecule has 11 nitrogen and oxygen atoms in total. The second-order valence-electron chi connectivity index (χ2n) is 5.36. The molecule has 12 heteroatoms. The largest absolute Gasteiger partial charge is 0.490 e. The van der Waals surface area contributed by atoms with Gasteiger partial charge in [-0.3, -0.25) is 20.2 Å². The number of amides is 1. The molecule has 2 aromatic heterocycles. The number of H-pyrrole nitrogens is 1. The van der Waals surface area contributed by atoms with Gasteiger partial charge < -0.3 is 9.47 Å². The third-order valence-electron chi connectivity index (χ3n) is 3.28. The highest BCUT2D eigenvalue weighted by Gasteiger charge is 2.30. The number of nitrogens with one attached hydrogen (secondary N) is 2. The van der Waals surface area contributed by atoms with Crippen molar-refractivity contribution in [1.82, 2.24) is 20.6 Å². The highest BCUT2D eigenvalue weighted by atomic mass is 32.1. The number of thiophene rings is 1. The van der Waals surface area contributed by atoms with E-state index in [-0.39, 0.29) is 39.5 Å². The van der Waals surface area contributed by atoms with E-state index in [9.17, 15) is 14.9 Å². The van der Waals surface area contributed by atoms with Gasteiger partial charge in [-0.1, -0.05) is 5.10 Å². The summed E-state index contributed by atoms with van der Waals surface area (Å²) in [5, 5.41) is 27.2. The Morgan fingerprint density at radius 3 is 2.77 bits per heavy atom. The average molecular weight is 378 g/mol. The maximum atomic E-state index is 12.6. The number of benzene rings is 1. The van der Waals surface area contributed by atoms with Crippen LogP contribution in [0.4, 0.5) is 11.6 Å². The van der Waals surface area contributed by atoms with Crippen LogP contribution >= 0.6 is 11.3 Å². The van der Waals surface area contributed by atoms with Crippen molar-refractivity contribution in [3.05, 3.63) is 27.1 Å². The number of carbonyl (C=O) groups excluding carboxylic acids is 1. The van der Waals surface area contributed by atoms with Crippen LogP contribution in [-0.4, -0.2) is 44.7 Å². The number of anilines is 1. The van der Waals surface area contributed by atoms with Crippen LogP contribution in [0.1, 0.15) is 23.5 Å². The molecule has 0 aliphatic carbocycles. The molecule has 0 bridgehead atoms. The van der Waals surface area contributed by atoms with Gasteiger partial charge in [0.05, 0.1) is 18.1 Å². The first kappa shape index (κ1) is 17.5. The van der Waals surface area contributed by atoms with E-state index >= 15 is 0 Å². The number of ether oxygens (including phenoxy) is 2. The fourth-order valence-electron chi connectivity index (χ4n) is 2.34. The maximum absolute atomic E-state index is 12.6. The van der Waals surface area contributed by atoms with Gasteiger partial charge in [0, 0.05) is 4.70 Å². The highest BCUT2D eigenvalue weighted by Crippen LogP contribution is 2.47. The van der Waals surface area contributed by atoms with Crippen LogP contribution in [0.15, 0.2) is 12.1 Å². The van der Waals surface area contributed by atoms with Crippen molar-refractivity contribution >= 4 is 39.0 Å². The molecule has 0 saturated heterocycles. The van der Waals surface area contributed by atoms with E-state index < -0.39 is 10.8 Å². The molecule has 136 valence electrons. The molecular weight excluding hydrogens is 364 g/mol. The zero-order valence-corrected chi connectivity index (χ0v) is 14.8. The van der Waals surface area contributed by atoms with E-state index in [1.807, 2.05) is 0 Å². The van der Waals surface area contributed by atoms with Crippen molar-refractivity contribution < 1.29 is 19.2 Å². The monoisotopic (exact) mass is 378 g/mol.